The molecule has 0 fully saturated rings. The van der Waals surface area contributed by atoms with E-state index < -0.39 is 0 Å². The maximum absolute atomic E-state index is 6.60. The Morgan fingerprint density at radius 3 is 2.80 bits per heavy atom. The minimum atomic E-state index is 0.391. The molecule has 15 heavy (non-hydrogen) atoms. The standard InChI is InChI=1S/C8H11N6O/c9-11-7-14(15-13-10)12-6-8-4-2-1-3-5-8/h1-5,7,9H,6,10H2/q-1. The highest BCUT2D eigenvalue weighted by Crippen LogP contribution is 2.05. The summed E-state index contributed by atoms with van der Waals surface area (Å²) in [4.78, 5) is 5.42. The molecule has 0 aliphatic carbocycles. The first-order valence-electron chi connectivity index (χ1n) is 4.14. The first-order valence-corrected chi connectivity index (χ1v) is 4.14. The number of benzene rings is 1. The first kappa shape index (κ1) is 11.1. The summed E-state index contributed by atoms with van der Waals surface area (Å²) in [5, 5.41) is 2.98. The molecule has 0 saturated carbocycles. The van der Waals surface area contributed by atoms with Gasteiger partial charge in [-0.2, -0.15) is 0 Å². The van der Waals surface area contributed by atoms with Crippen molar-refractivity contribution in [3.8, 4) is 0 Å². The molecule has 0 atom stereocenters. The van der Waals surface area contributed by atoms with Crippen molar-refractivity contribution in [1.29, 1.82) is 5.53 Å². The predicted molar refractivity (Wildman–Crippen MR) is 53.6 cm³/mol. The van der Waals surface area contributed by atoms with Crippen molar-refractivity contribution in [3.05, 3.63) is 46.9 Å². The fraction of sp³-hybridized carbons (Fsp3) is 0.125. The third kappa shape index (κ3) is 4.16. The van der Waals surface area contributed by atoms with Gasteiger partial charge in [0.15, 0.2) is 0 Å². The molecule has 80 valence electrons. The molecule has 0 bridgehead atoms. The monoisotopic (exact) mass is 207 g/mol. The molecular weight excluding hydrogens is 196 g/mol. The highest BCUT2D eigenvalue weighted by Gasteiger charge is 1.86. The van der Waals surface area contributed by atoms with Gasteiger partial charge in [-0.25, -0.2) is 0 Å². The molecule has 0 aromatic heterocycles. The maximum atomic E-state index is 6.60. The van der Waals surface area contributed by atoms with Crippen LogP contribution in [0.15, 0.2) is 35.4 Å². The van der Waals surface area contributed by atoms with Crippen molar-refractivity contribution in [2.24, 2.45) is 11.0 Å². The average molecular weight is 207 g/mol. The fourth-order valence-electron chi connectivity index (χ4n) is 0.916. The lowest BCUT2D eigenvalue weighted by Crippen LogP contribution is -2.08. The molecule has 0 aliphatic heterocycles. The van der Waals surface area contributed by atoms with Crippen molar-refractivity contribution < 1.29 is 9.79 Å². The second-order valence-corrected chi connectivity index (χ2v) is 2.52. The fourth-order valence-corrected chi connectivity index (χ4v) is 0.916. The van der Waals surface area contributed by atoms with Crippen LogP contribution in [0, 0.1) is 5.53 Å². The Kier molecular flexibility index (Phi) is 4.78. The topological polar surface area (TPSA) is 103 Å². The van der Waals surface area contributed by atoms with Gasteiger partial charge in [0.05, 0.1) is 5.11 Å². The normalized spacial score (nSPS) is 10.9. The van der Waals surface area contributed by atoms with Crippen LogP contribution in [-0.2, 0) is 11.5 Å². The second kappa shape index (κ2) is 6.46. The van der Waals surface area contributed by atoms with Crippen LogP contribution in [0.25, 0.3) is 11.0 Å². The summed E-state index contributed by atoms with van der Waals surface area (Å²) in [6.07, 6.45) is 1.04. The Balaban J connectivity index is 2.47. The van der Waals surface area contributed by atoms with Crippen LogP contribution in [-0.4, -0.2) is 11.2 Å². The van der Waals surface area contributed by atoms with Crippen LogP contribution < -0.4 is 5.84 Å². The van der Waals surface area contributed by atoms with E-state index in [0.29, 0.717) is 6.54 Å². The Hall–Kier alpha value is -1.99. The quantitative estimate of drug-likeness (QED) is 0.185. The number of nitrogens with zero attached hydrogens (tertiary/aromatic N) is 4. The summed E-state index contributed by atoms with van der Waals surface area (Å²) in [6.45, 7) is 0.391. The van der Waals surface area contributed by atoms with Crippen LogP contribution in [0.5, 0.6) is 0 Å². The zero-order valence-electron chi connectivity index (χ0n) is 7.95. The van der Waals surface area contributed by atoms with E-state index in [2.05, 4.69) is 21.1 Å². The number of hydrogen-bond donors (Lipinski definition) is 2. The zero-order chi connectivity index (χ0) is 10.9. The van der Waals surface area contributed by atoms with E-state index in [0.717, 1.165) is 16.7 Å². The molecule has 0 unspecified atom stereocenters. The molecule has 7 nitrogen and oxygen atoms in total. The van der Waals surface area contributed by atoms with E-state index in [-0.39, 0.29) is 0 Å². The van der Waals surface area contributed by atoms with Crippen molar-refractivity contribution in [2.45, 2.75) is 6.54 Å². The third-order valence-electron chi connectivity index (χ3n) is 1.52. The molecule has 0 amide bonds. The first-order chi connectivity index (χ1) is 7.36. The molecule has 0 spiro atoms. The number of hydrogen-bond acceptors (Lipinski definition) is 3. The summed E-state index contributed by atoms with van der Waals surface area (Å²) in [6, 6.07) is 9.56. The van der Waals surface area contributed by atoms with Gasteiger partial charge in [-0.15, -0.1) is 4.85 Å². The summed E-state index contributed by atoms with van der Waals surface area (Å²) >= 11 is 0. The summed E-state index contributed by atoms with van der Waals surface area (Å²) < 4.78 is 0. The largest absolute Gasteiger partial charge is 0.481 e. The van der Waals surface area contributed by atoms with E-state index in [1.54, 1.807) is 0 Å². The van der Waals surface area contributed by atoms with E-state index in [9.17, 15) is 0 Å². The molecule has 0 radical (unpaired) electrons. The second-order valence-electron chi connectivity index (χ2n) is 2.52. The highest BCUT2D eigenvalue weighted by molar-refractivity contribution is 5.47. The molecule has 0 saturated heterocycles. The highest BCUT2D eigenvalue weighted by atomic mass is 16.8. The zero-order valence-corrected chi connectivity index (χ0v) is 7.95. The molecule has 1 rings (SSSR count). The van der Waals surface area contributed by atoms with Gasteiger partial charge in [0.1, 0.15) is 0 Å². The minimum Gasteiger partial charge on any atom is -0.481 e. The van der Waals surface area contributed by atoms with E-state index in [4.69, 9.17) is 11.4 Å². The van der Waals surface area contributed by atoms with E-state index >= 15 is 0 Å². The summed E-state index contributed by atoms with van der Waals surface area (Å²) in [7, 11) is 0. The number of rotatable bonds is 6. The number of nitrogens with two attached hydrogens (primary N) is 1. The molecule has 1 aromatic carbocycles. The van der Waals surface area contributed by atoms with Crippen molar-refractivity contribution in [3.63, 3.8) is 0 Å². The van der Waals surface area contributed by atoms with Gasteiger partial charge >= 0.3 is 6.34 Å². The van der Waals surface area contributed by atoms with Gasteiger partial charge in [0, 0.05) is 0 Å². The Bertz CT molecular complexity index is 325. The summed E-state index contributed by atoms with van der Waals surface area (Å²) in [5.41, 5.74) is 14.5. The summed E-state index contributed by atoms with van der Waals surface area (Å²) in [5.74, 6) is 4.81. The van der Waals surface area contributed by atoms with Crippen molar-refractivity contribution in [2.75, 3.05) is 0 Å². The molecule has 1 aromatic rings. The molecule has 0 aliphatic rings. The van der Waals surface area contributed by atoms with Crippen LogP contribution in [0.1, 0.15) is 5.56 Å². The third-order valence-corrected chi connectivity index (χ3v) is 1.52. The Labute approximate surface area is 86.9 Å². The Morgan fingerprint density at radius 1 is 1.47 bits per heavy atom. The maximum Gasteiger partial charge on any atom is 0.337 e. The molecule has 0 heterocycles. The lowest BCUT2D eigenvalue weighted by molar-refractivity contribution is -0.739. The van der Waals surface area contributed by atoms with Gasteiger partial charge in [-0.05, 0) is 0 Å². The predicted octanol–water partition coefficient (Wildman–Crippen LogP) is 1.64. The van der Waals surface area contributed by atoms with Gasteiger partial charge in [0.2, 0.25) is 0 Å². The minimum absolute atomic E-state index is 0.391. The van der Waals surface area contributed by atoms with Gasteiger partial charge in [-0.3, -0.25) is 0 Å². The lowest BCUT2D eigenvalue weighted by atomic mass is 10.2. The van der Waals surface area contributed by atoms with Crippen molar-refractivity contribution >= 4 is 6.34 Å². The van der Waals surface area contributed by atoms with E-state index in [1.165, 1.54) is 0 Å². The van der Waals surface area contributed by atoms with Crippen LogP contribution in [0.4, 0.5) is 0 Å². The SMILES string of the molecule is N=NC=[N+]([N-]Cc1ccccc1)O[N-]N. The van der Waals surface area contributed by atoms with Crippen molar-refractivity contribution in [1.82, 2.24) is 0 Å². The average Bonchev–Trinajstić information content (AvgIpc) is 2.28. The van der Waals surface area contributed by atoms with Gasteiger partial charge in [-0.1, -0.05) is 48.0 Å². The number of nitrogens with one attached hydrogen (secondary N) is 1. The van der Waals surface area contributed by atoms with Crippen LogP contribution in [0.2, 0.25) is 0 Å². The smallest absolute Gasteiger partial charge is 0.337 e. The van der Waals surface area contributed by atoms with Gasteiger partial charge < -0.3 is 21.8 Å². The van der Waals surface area contributed by atoms with Crippen LogP contribution >= 0.6 is 0 Å². The molecule has 7 heteroatoms. The Morgan fingerprint density at radius 2 is 2.20 bits per heavy atom. The van der Waals surface area contributed by atoms with Gasteiger partial charge in [0.25, 0.3) is 0 Å². The van der Waals surface area contributed by atoms with E-state index in [1.807, 2.05) is 30.3 Å². The molecular formula is C8H11N6O-. The molecule has 3 N–H and O–H groups in total. The lowest BCUT2D eigenvalue weighted by Gasteiger charge is -2.24. The van der Waals surface area contributed by atoms with Crippen LogP contribution in [0.3, 0.4) is 0 Å².